The Bertz CT molecular complexity index is 577. The van der Waals surface area contributed by atoms with Crippen molar-refractivity contribution in [3.63, 3.8) is 0 Å². The van der Waals surface area contributed by atoms with Gasteiger partial charge in [-0.25, -0.2) is 9.31 Å². The third-order valence-corrected chi connectivity index (χ3v) is 2.57. The number of carbonyl (C=O) groups excluding carboxylic acids is 1. The summed E-state index contributed by atoms with van der Waals surface area (Å²) in [5, 5.41) is 4.07. The summed E-state index contributed by atoms with van der Waals surface area (Å²) in [6.45, 7) is 6.32. The summed E-state index contributed by atoms with van der Waals surface area (Å²) in [5.74, 6) is 0.114. The van der Waals surface area contributed by atoms with E-state index in [2.05, 4.69) is 10.1 Å². The average molecular weight is 249 g/mol. The maximum atomic E-state index is 11.8. The zero-order chi connectivity index (χ0) is 13.1. The van der Waals surface area contributed by atoms with E-state index in [1.54, 1.807) is 17.6 Å². The van der Waals surface area contributed by atoms with Crippen molar-refractivity contribution in [1.82, 2.24) is 14.6 Å². The highest BCUT2D eigenvalue weighted by Gasteiger charge is 2.18. The lowest BCUT2D eigenvalue weighted by Crippen LogP contribution is -2.04. The summed E-state index contributed by atoms with van der Waals surface area (Å²) in [6, 6.07) is 0. The Morgan fingerprint density at radius 3 is 2.83 bits per heavy atom. The molecule has 2 aromatic rings. The molecule has 6 heteroatoms. The van der Waals surface area contributed by atoms with Gasteiger partial charge < -0.3 is 9.47 Å². The third kappa shape index (κ3) is 2.01. The molecule has 6 nitrogen and oxygen atoms in total. The first-order chi connectivity index (χ1) is 8.69. The van der Waals surface area contributed by atoms with Crippen molar-refractivity contribution >= 4 is 11.5 Å². The number of esters is 1. The fourth-order valence-corrected chi connectivity index (χ4v) is 1.78. The van der Waals surface area contributed by atoms with Crippen molar-refractivity contribution in [2.45, 2.75) is 20.8 Å². The Labute approximate surface area is 105 Å². The molecule has 2 aromatic heterocycles. The number of fused-ring (bicyclic) bond motifs is 1. The quantitative estimate of drug-likeness (QED) is 0.770. The van der Waals surface area contributed by atoms with E-state index in [1.165, 1.54) is 6.33 Å². The van der Waals surface area contributed by atoms with E-state index in [9.17, 15) is 4.79 Å². The lowest BCUT2D eigenvalue weighted by Gasteiger charge is -2.04. The number of hydrogen-bond acceptors (Lipinski definition) is 5. The van der Waals surface area contributed by atoms with Crippen molar-refractivity contribution in [2.75, 3.05) is 13.2 Å². The second kappa shape index (κ2) is 5.03. The van der Waals surface area contributed by atoms with Crippen LogP contribution in [0.5, 0.6) is 5.88 Å². The van der Waals surface area contributed by atoms with Gasteiger partial charge in [-0.2, -0.15) is 10.1 Å². The van der Waals surface area contributed by atoms with E-state index in [-0.39, 0.29) is 5.97 Å². The molecule has 0 fully saturated rings. The van der Waals surface area contributed by atoms with Crippen LogP contribution in [0.1, 0.15) is 29.8 Å². The number of nitrogens with zero attached hydrogens (tertiary/aromatic N) is 3. The topological polar surface area (TPSA) is 65.7 Å². The normalized spacial score (nSPS) is 10.6. The van der Waals surface area contributed by atoms with Crippen LogP contribution in [0, 0.1) is 6.92 Å². The SMILES string of the molecule is CCOC(=O)c1cn2ncnc(OCC)c2c1C. The summed E-state index contributed by atoms with van der Waals surface area (Å²) in [5.41, 5.74) is 1.94. The van der Waals surface area contributed by atoms with E-state index in [4.69, 9.17) is 9.47 Å². The van der Waals surface area contributed by atoms with Gasteiger partial charge in [0.1, 0.15) is 11.8 Å². The van der Waals surface area contributed by atoms with Crippen LogP contribution in [0.3, 0.4) is 0 Å². The van der Waals surface area contributed by atoms with Gasteiger partial charge in [0, 0.05) is 6.20 Å². The first kappa shape index (κ1) is 12.3. The van der Waals surface area contributed by atoms with Crippen LogP contribution in [-0.4, -0.2) is 33.8 Å². The number of aromatic nitrogens is 3. The average Bonchev–Trinajstić information content (AvgIpc) is 2.69. The Morgan fingerprint density at radius 1 is 1.39 bits per heavy atom. The summed E-state index contributed by atoms with van der Waals surface area (Å²) in [4.78, 5) is 15.8. The predicted molar refractivity (Wildman–Crippen MR) is 64.8 cm³/mol. The van der Waals surface area contributed by atoms with Gasteiger partial charge in [-0.1, -0.05) is 0 Å². The second-order valence-electron chi connectivity index (χ2n) is 3.68. The molecule has 2 heterocycles. The minimum Gasteiger partial charge on any atom is -0.476 e. The zero-order valence-corrected chi connectivity index (χ0v) is 10.6. The molecule has 0 unspecified atom stereocenters. The molecule has 0 radical (unpaired) electrons. The van der Waals surface area contributed by atoms with E-state index in [0.717, 1.165) is 5.56 Å². The van der Waals surface area contributed by atoms with E-state index < -0.39 is 0 Å². The van der Waals surface area contributed by atoms with E-state index >= 15 is 0 Å². The van der Waals surface area contributed by atoms with Crippen LogP contribution in [0.4, 0.5) is 0 Å². The molecule has 0 spiro atoms. The maximum Gasteiger partial charge on any atom is 0.340 e. The Hall–Kier alpha value is -2.11. The molecule has 2 rings (SSSR count). The molecule has 0 aliphatic rings. The first-order valence-corrected chi connectivity index (χ1v) is 5.81. The predicted octanol–water partition coefficient (Wildman–Crippen LogP) is 1.61. The number of rotatable bonds is 4. The third-order valence-electron chi connectivity index (χ3n) is 2.57. The lowest BCUT2D eigenvalue weighted by molar-refractivity contribution is 0.0525. The van der Waals surface area contributed by atoms with Crippen LogP contribution in [-0.2, 0) is 4.74 Å². The second-order valence-corrected chi connectivity index (χ2v) is 3.68. The van der Waals surface area contributed by atoms with Gasteiger partial charge in [-0.3, -0.25) is 0 Å². The molecule has 0 saturated carbocycles. The van der Waals surface area contributed by atoms with Crippen LogP contribution < -0.4 is 4.74 Å². The van der Waals surface area contributed by atoms with Gasteiger partial charge in [0.2, 0.25) is 5.88 Å². The molecule has 0 atom stereocenters. The Kier molecular flexibility index (Phi) is 3.45. The highest BCUT2D eigenvalue weighted by Crippen LogP contribution is 2.24. The number of aryl methyl sites for hydroxylation is 1. The van der Waals surface area contributed by atoms with Crippen molar-refractivity contribution < 1.29 is 14.3 Å². The molecule has 96 valence electrons. The zero-order valence-electron chi connectivity index (χ0n) is 10.6. The van der Waals surface area contributed by atoms with Crippen LogP contribution in [0.15, 0.2) is 12.5 Å². The number of carbonyl (C=O) groups is 1. The minimum absolute atomic E-state index is 0.342. The molecule has 0 saturated heterocycles. The monoisotopic (exact) mass is 249 g/mol. The molecule has 0 N–H and O–H groups in total. The standard InChI is InChI=1S/C12H15N3O3/c1-4-17-11-10-8(3)9(12(16)18-5-2)6-15(10)14-7-13-11/h6-7H,4-5H2,1-3H3. The van der Waals surface area contributed by atoms with Crippen molar-refractivity contribution in [1.29, 1.82) is 0 Å². The van der Waals surface area contributed by atoms with Gasteiger partial charge in [0.05, 0.1) is 18.8 Å². The smallest absolute Gasteiger partial charge is 0.340 e. The van der Waals surface area contributed by atoms with Crippen molar-refractivity contribution in [2.24, 2.45) is 0 Å². The summed E-state index contributed by atoms with van der Waals surface area (Å²) in [7, 11) is 0. The molecule has 0 amide bonds. The van der Waals surface area contributed by atoms with Crippen LogP contribution in [0.25, 0.3) is 5.52 Å². The fourth-order valence-electron chi connectivity index (χ4n) is 1.78. The van der Waals surface area contributed by atoms with Gasteiger partial charge in [0.15, 0.2) is 0 Å². The largest absolute Gasteiger partial charge is 0.476 e. The highest BCUT2D eigenvalue weighted by molar-refractivity contribution is 5.94. The summed E-state index contributed by atoms with van der Waals surface area (Å²) < 4.78 is 12.0. The van der Waals surface area contributed by atoms with Crippen molar-refractivity contribution in [3.05, 3.63) is 23.7 Å². The summed E-state index contributed by atoms with van der Waals surface area (Å²) in [6.07, 6.45) is 3.03. The van der Waals surface area contributed by atoms with E-state index in [0.29, 0.717) is 30.2 Å². The molecule has 0 aromatic carbocycles. The minimum atomic E-state index is -0.358. The van der Waals surface area contributed by atoms with Crippen molar-refractivity contribution in [3.8, 4) is 5.88 Å². The first-order valence-electron chi connectivity index (χ1n) is 5.81. The molecular weight excluding hydrogens is 234 g/mol. The lowest BCUT2D eigenvalue weighted by atomic mass is 10.2. The highest BCUT2D eigenvalue weighted by atomic mass is 16.5. The fraction of sp³-hybridized carbons (Fsp3) is 0.417. The Balaban J connectivity index is 2.56. The molecule has 18 heavy (non-hydrogen) atoms. The summed E-state index contributed by atoms with van der Waals surface area (Å²) >= 11 is 0. The van der Waals surface area contributed by atoms with Gasteiger partial charge in [-0.15, -0.1) is 0 Å². The number of hydrogen-bond donors (Lipinski definition) is 0. The maximum absolute atomic E-state index is 11.8. The van der Waals surface area contributed by atoms with Gasteiger partial charge >= 0.3 is 5.97 Å². The molecule has 0 aliphatic carbocycles. The molecule has 0 aliphatic heterocycles. The number of ether oxygens (including phenoxy) is 2. The molecular formula is C12H15N3O3. The van der Waals surface area contributed by atoms with Gasteiger partial charge in [0.25, 0.3) is 0 Å². The van der Waals surface area contributed by atoms with Gasteiger partial charge in [-0.05, 0) is 26.3 Å². The molecule has 0 bridgehead atoms. The van der Waals surface area contributed by atoms with Crippen LogP contribution >= 0.6 is 0 Å². The van der Waals surface area contributed by atoms with E-state index in [1.807, 2.05) is 13.8 Å². The Morgan fingerprint density at radius 2 is 2.17 bits per heavy atom. The van der Waals surface area contributed by atoms with Crippen LogP contribution in [0.2, 0.25) is 0 Å².